The van der Waals surface area contributed by atoms with Gasteiger partial charge in [0.15, 0.2) is 0 Å². The smallest absolute Gasteiger partial charge is 0.0917 e. The van der Waals surface area contributed by atoms with Crippen molar-refractivity contribution in [2.75, 3.05) is 6.54 Å². The average Bonchev–Trinajstić information content (AvgIpc) is 2.46. The minimum absolute atomic E-state index is 0.0624. The molecule has 2 N–H and O–H groups in total. The molecular weight excluding hydrogens is 238 g/mol. The number of aromatic nitrogens is 2. The van der Waals surface area contributed by atoms with Crippen LogP contribution in [0.1, 0.15) is 35.9 Å². The second kappa shape index (κ2) is 6.41. The van der Waals surface area contributed by atoms with E-state index >= 15 is 0 Å². The van der Waals surface area contributed by atoms with Gasteiger partial charge in [-0.1, -0.05) is 24.3 Å². The van der Waals surface area contributed by atoms with Crippen LogP contribution in [0.4, 0.5) is 0 Å². The van der Waals surface area contributed by atoms with Crippen molar-refractivity contribution in [1.82, 2.24) is 15.3 Å². The summed E-state index contributed by atoms with van der Waals surface area (Å²) in [6.07, 6.45) is 4.54. The van der Waals surface area contributed by atoms with Gasteiger partial charge in [0.25, 0.3) is 0 Å². The van der Waals surface area contributed by atoms with Gasteiger partial charge in [-0.2, -0.15) is 0 Å². The molecule has 0 aliphatic carbocycles. The SMILES string of the molecule is Cc1ccccc1C(O)CNC(C)c1cnccn1. The third-order valence-electron chi connectivity index (χ3n) is 3.19. The van der Waals surface area contributed by atoms with E-state index in [-0.39, 0.29) is 6.04 Å². The van der Waals surface area contributed by atoms with E-state index in [0.717, 1.165) is 16.8 Å². The van der Waals surface area contributed by atoms with Crippen LogP contribution in [0.3, 0.4) is 0 Å². The van der Waals surface area contributed by atoms with E-state index in [4.69, 9.17) is 0 Å². The molecule has 0 saturated heterocycles. The van der Waals surface area contributed by atoms with Crippen LogP contribution >= 0.6 is 0 Å². The number of aliphatic hydroxyl groups is 1. The molecule has 4 nitrogen and oxygen atoms in total. The average molecular weight is 257 g/mol. The van der Waals surface area contributed by atoms with Crippen LogP contribution in [0.15, 0.2) is 42.9 Å². The number of benzene rings is 1. The zero-order valence-corrected chi connectivity index (χ0v) is 11.2. The molecule has 100 valence electrons. The molecule has 0 saturated carbocycles. The molecule has 4 heteroatoms. The molecule has 2 atom stereocenters. The molecule has 0 radical (unpaired) electrons. The first-order valence-corrected chi connectivity index (χ1v) is 6.41. The Hall–Kier alpha value is -1.78. The van der Waals surface area contributed by atoms with Crippen LogP contribution in [0.5, 0.6) is 0 Å². The van der Waals surface area contributed by atoms with Gasteiger partial charge in [0.05, 0.1) is 11.8 Å². The van der Waals surface area contributed by atoms with Crippen LogP contribution in [0, 0.1) is 6.92 Å². The molecule has 19 heavy (non-hydrogen) atoms. The summed E-state index contributed by atoms with van der Waals surface area (Å²) in [5.41, 5.74) is 2.93. The lowest BCUT2D eigenvalue weighted by molar-refractivity contribution is 0.170. The summed E-state index contributed by atoms with van der Waals surface area (Å²) < 4.78 is 0. The highest BCUT2D eigenvalue weighted by molar-refractivity contribution is 5.27. The molecule has 1 aromatic carbocycles. The zero-order chi connectivity index (χ0) is 13.7. The Morgan fingerprint density at radius 1 is 1.26 bits per heavy atom. The van der Waals surface area contributed by atoms with Gasteiger partial charge in [-0.15, -0.1) is 0 Å². The Kier molecular flexibility index (Phi) is 4.60. The van der Waals surface area contributed by atoms with E-state index in [1.54, 1.807) is 18.6 Å². The van der Waals surface area contributed by atoms with Crippen LogP contribution < -0.4 is 5.32 Å². The molecule has 0 amide bonds. The van der Waals surface area contributed by atoms with Crippen molar-refractivity contribution in [3.05, 3.63) is 59.7 Å². The first-order chi connectivity index (χ1) is 9.18. The molecule has 2 unspecified atom stereocenters. The Balaban J connectivity index is 1.94. The van der Waals surface area contributed by atoms with Crippen molar-refractivity contribution >= 4 is 0 Å². The fourth-order valence-electron chi connectivity index (χ4n) is 2.00. The molecule has 0 aliphatic heterocycles. The lowest BCUT2D eigenvalue weighted by Gasteiger charge is -2.18. The lowest BCUT2D eigenvalue weighted by Crippen LogP contribution is -2.25. The molecule has 1 aromatic heterocycles. The van der Waals surface area contributed by atoms with E-state index in [2.05, 4.69) is 15.3 Å². The van der Waals surface area contributed by atoms with Crippen molar-refractivity contribution in [2.45, 2.75) is 26.0 Å². The number of nitrogens with zero attached hydrogens (tertiary/aromatic N) is 2. The highest BCUT2D eigenvalue weighted by atomic mass is 16.3. The number of aryl methyl sites for hydroxylation is 1. The maximum atomic E-state index is 10.2. The van der Waals surface area contributed by atoms with Gasteiger partial charge in [0.2, 0.25) is 0 Å². The van der Waals surface area contributed by atoms with E-state index < -0.39 is 6.10 Å². The van der Waals surface area contributed by atoms with Crippen LogP contribution in [-0.4, -0.2) is 21.6 Å². The molecule has 1 heterocycles. The fraction of sp³-hybridized carbons (Fsp3) is 0.333. The first kappa shape index (κ1) is 13.6. The van der Waals surface area contributed by atoms with E-state index in [9.17, 15) is 5.11 Å². The summed E-state index contributed by atoms with van der Waals surface area (Å²) in [4.78, 5) is 8.28. The summed E-state index contributed by atoms with van der Waals surface area (Å²) in [5, 5.41) is 13.5. The third-order valence-corrected chi connectivity index (χ3v) is 3.19. The van der Waals surface area contributed by atoms with Crippen molar-refractivity contribution in [3.8, 4) is 0 Å². The van der Waals surface area contributed by atoms with Crippen molar-refractivity contribution < 1.29 is 5.11 Å². The largest absolute Gasteiger partial charge is 0.387 e. The molecule has 2 rings (SSSR count). The number of hydrogen-bond acceptors (Lipinski definition) is 4. The molecule has 0 aliphatic rings. The number of aliphatic hydroxyl groups excluding tert-OH is 1. The topological polar surface area (TPSA) is 58.0 Å². The molecule has 0 spiro atoms. The Morgan fingerprint density at radius 3 is 2.74 bits per heavy atom. The van der Waals surface area contributed by atoms with Gasteiger partial charge in [0, 0.05) is 31.2 Å². The Bertz CT molecular complexity index is 516. The third kappa shape index (κ3) is 3.59. The van der Waals surface area contributed by atoms with Gasteiger partial charge in [-0.05, 0) is 25.0 Å². The Morgan fingerprint density at radius 2 is 2.05 bits per heavy atom. The Labute approximate surface area is 113 Å². The molecule has 0 bridgehead atoms. The second-order valence-corrected chi connectivity index (χ2v) is 4.63. The maximum absolute atomic E-state index is 10.2. The van der Waals surface area contributed by atoms with Gasteiger partial charge in [-0.25, -0.2) is 0 Å². The maximum Gasteiger partial charge on any atom is 0.0917 e. The second-order valence-electron chi connectivity index (χ2n) is 4.63. The van der Waals surface area contributed by atoms with E-state index in [0.29, 0.717) is 6.54 Å². The number of nitrogens with one attached hydrogen (secondary N) is 1. The minimum atomic E-state index is -0.514. The van der Waals surface area contributed by atoms with Crippen molar-refractivity contribution in [2.24, 2.45) is 0 Å². The predicted octanol–water partition coefficient (Wildman–Crippen LogP) is 2.17. The summed E-state index contributed by atoms with van der Waals surface area (Å²) in [5.74, 6) is 0. The minimum Gasteiger partial charge on any atom is -0.387 e. The van der Waals surface area contributed by atoms with Crippen LogP contribution in [-0.2, 0) is 0 Å². The normalized spacial score (nSPS) is 14.1. The van der Waals surface area contributed by atoms with Crippen molar-refractivity contribution in [1.29, 1.82) is 0 Å². The van der Waals surface area contributed by atoms with Gasteiger partial charge >= 0.3 is 0 Å². The summed E-state index contributed by atoms with van der Waals surface area (Å²) in [7, 11) is 0. The highest BCUT2D eigenvalue weighted by Crippen LogP contribution is 2.17. The molecule has 0 fully saturated rings. The summed E-state index contributed by atoms with van der Waals surface area (Å²) in [6, 6.07) is 7.94. The lowest BCUT2D eigenvalue weighted by atomic mass is 10.0. The standard InChI is InChI=1S/C15H19N3O/c1-11-5-3-4-6-13(11)15(19)10-18-12(2)14-9-16-7-8-17-14/h3-9,12,15,18-19H,10H2,1-2H3. The van der Waals surface area contributed by atoms with Gasteiger partial charge < -0.3 is 10.4 Å². The molecular formula is C15H19N3O. The predicted molar refractivity (Wildman–Crippen MR) is 74.6 cm³/mol. The van der Waals surface area contributed by atoms with Gasteiger partial charge in [-0.3, -0.25) is 9.97 Å². The highest BCUT2D eigenvalue weighted by Gasteiger charge is 2.12. The summed E-state index contributed by atoms with van der Waals surface area (Å²) in [6.45, 7) is 4.50. The van der Waals surface area contributed by atoms with E-state index in [1.165, 1.54) is 0 Å². The molecule has 2 aromatic rings. The van der Waals surface area contributed by atoms with Crippen LogP contribution in [0.2, 0.25) is 0 Å². The van der Waals surface area contributed by atoms with E-state index in [1.807, 2.05) is 38.1 Å². The number of rotatable bonds is 5. The monoisotopic (exact) mass is 257 g/mol. The quantitative estimate of drug-likeness (QED) is 0.862. The fourth-order valence-corrected chi connectivity index (χ4v) is 2.00. The summed E-state index contributed by atoms with van der Waals surface area (Å²) >= 11 is 0. The van der Waals surface area contributed by atoms with Gasteiger partial charge in [0.1, 0.15) is 0 Å². The number of hydrogen-bond donors (Lipinski definition) is 2. The van der Waals surface area contributed by atoms with Crippen LogP contribution in [0.25, 0.3) is 0 Å². The van der Waals surface area contributed by atoms with Crippen molar-refractivity contribution in [3.63, 3.8) is 0 Å². The first-order valence-electron chi connectivity index (χ1n) is 6.41. The zero-order valence-electron chi connectivity index (χ0n) is 11.2.